The summed E-state index contributed by atoms with van der Waals surface area (Å²) in [6, 6.07) is 8.35. The zero-order valence-electron chi connectivity index (χ0n) is 11.4. The van der Waals surface area contributed by atoms with E-state index >= 15 is 0 Å². The molecule has 0 saturated heterocycles. The van der Waals surface area contributed by atoms with Gasteiger partial charge in [-0.05, 0) is 42.7 Å². The molecule has 0 aliphatic carbocycles. The highest BCUT2D eigenvalue weighted by Gasteiger charge is 2.08. The number of hydrogen-bond donors (Lipinski definition) is 1. The van der Waals surface area contributed by atoms with Crippen LogP contribution in [0.25, 0.3) is 0 Å². The van der Waals surface area contributed by atoms with Gasteiger partial charge in [0.15, 0.2) is 0 Å². The minimum absolute atomic E-state index is 0.0193. The van der Waals surface area contributed by atoms with Crippen molar-refractivity contribution in [2.75, 3.05) is 0 Å². The molecule has 0 radical (unpaired) electrons. The van der Waals surface area contributed by atoms with Crippen LogP contribution < -0.4 is 4.74 Å². The first-order chi connectivity index (χ1) is 9.51. The largest absolute Gasteiger partial charge is 0.488 e. The van der Waals surface area contributed by atoms with Gasteiger partial charge in [-0.3, -0.25) is 0 Å². The van der Waals surface area contributed by atoms with E-state index in [9.17, 15) is 4.39 Å². The van der Waals surface area contributed by atoms with Crippen LogP contribution in [0.1, 0.15) is 22.3 Å². The third kappa shape index (κ3) is 3.38. The number of ether oxygens (including phenoxy) is 1. The van der Waals surface area contributed by atoms with Gasteiger partial charge in [0.25, 0.3) is 0 Å². The Balaban J connectivity index is 2.19. The van der Waals surface area contributed by atoms with Crippen LogP contribution in [-0.4, -0.2) is 5.11 Å². The molecule has 2 rings (SSSR count). The second-order valence-corrected chi connectivity index (χ2v) is 5.60. The third-order valence-corrected chi connectivity index (χ3v) is 3.83. The van der Waals surface area contributed by atoms with E-state index in [0.29, 0.717) is 11.1 Å². The molecule has 0 heterocycles. The highest BCUT2D eigenvalue weighted by molar-refractivity contribution is 9.10. The van der Waals surface area contributed by atoms with E-state index in [-0.39, 0.29) is 12.4 Å². The predicted octanol–water partition coefficient (Wildman–Crippen LogP) is 4.28. The summed E-state index contributed by atoms with van der Waals surface area (Å²) in [6.45, 7) is 4.27. The first-order valence-electron chi connectivity index (χ1n) is 6.29. The molecule has 4 heteroatoms. The molecule has 0 aliphatic heterocycles. The molecule has 2 aromatic carbocycles. The molecule has 0 fully saturated rings. The van der Waals surface area contributed by atoms with Crippen LogP contribution in [0, 0.1) is 19.7 Å². The second-order valence-electron chi connectivity index (χ2n) is 4.74. The number of rotatable bonds is 4. The van der Waals surface area contributed by atoms with E-state index in [1.165, 1.54) is 12.1 Å². The molecular weight excluding hydrogens is 323 g/mol. The molecule has 1 N–H and O–H groups in total. The quantitative estimate of drug-likeness (QED) is 0.901. The predicted molar refractivity (Wildman–Crippen MR) is 80.3 cm³/mol. The minimum Gasteiger partial charge on any atom is -0.488 e. The van der Waals surface area contributed by atoms with E-state index in [2.05, 4.69) is 15.9 Å². The molecule has 0 aliphatic rings. The van der Waals surface area contributed by atoms with Crippen molar-refractivity contribution in [3.8, 4) is 5.75 Å². The SMILES string of the molecule is Cc1cc(CO)cc(C)c1OCc1ccc(F)cc1Br. The van der Waals surface area contributed by atoms with Crippen LogP contribution in [0.2, 0.25) is 0 Å². The zero-order chi connectivity index (χ0) is 14.7. The maximum absolute atomic E-state index is 13.0. The highest BCUT2D eigenvalue weighted by Crippen LogP contribution is 2.27. The van der Waals surface area contributed by atoms with Crippen molar-refractivity contribution in [1.82, 2.24) is 0 Å². The van der Waals surface area contributed by atoms with Crippen LogP contribution in [-0.2, 0) is 13.2 Å². The van der Waals surface area contributed by atoms with Crippen molar-refractivity contribution in [3.05, 3.63) is 62.9 Å². The maximum Gasteiger partial charge on any atom is 0.125 e. The molecule has 0 atom stereocenters. The van der Waals surface area contributed by atoms with Crippen molar-refractivity contribution >= 4 is 15.9 Å². The number of halogens is 2. The Bertz CT molecular complexity index is 603. The van der Waals surface area contributed by atoms with E-state index in [4.69, 9.17) is 9.84 Å². The Kier molecular flexibility index (Phi) is 4.78. The molecular formula is C16H16BrFO2. The number of aliphatic hydroxyl groups is 1. The topological polar surface area (TPSA) is 29.5 Å². The molecule has 0 amide bonds. The van der Waals surface area contributed by atoms with Crippen LogP contribution in [0.5, 0.6) is 5.75 Å². The van der Waals surface area contributed by atoms with Gasteiger partial charge in [-0.2, -0.15) is 0 Å². The number of hydrogen-bond acceptors (Lipinski definition) is 2. The summed E-state index contributed by atoms with van der Waals surface area (Å²) in [5.41, 5.74) is 3.71. The van der Waals surface area contributed by atoms with Gasteiger partial charge in [-0.15, -0.1) is 0 Å². The van der Waals surface area contributed by atoms with Gasteiger partial charge in [-0.25, -0.2) is 4.39 Å². The lowest BCUT2D eigenvalue weighted by molar-refractivity contribution is 0.280. The summed E-state index contributed by atoms with van der Waals surface area (Å²) < 4.78 is 19.6. The van der Waals surface area contributed by atoms with Crippen LogP contribution >= 0.6 is 15.9 Å². The van der Waals surface area contributed by atoms with E-state index in [1.54, 1.807) is 6.07 Å². The molecule has 2 nitrogen and oxygen atoms in total. The summed E-state index contributed by atoms with van der Waals surface area (Å²) in [6.07, 6.45) is 0. The van der Waals surface area contributed by atoms with Gasteiger partial charge in [0, 0.05) is 10.0 Å². The van der Waals surface area contributed by atoms with Crippen molar-refractivity contribution in [3.63, 3.8) is 0 Å². The number of benzene rings is 2. The van der Waals surface area contributed by atoms with Gasteiger partial charge in [0.2, 0.25) is 0 Å². The Morgan fingerprint density at radius 3 is 2.35 bits per heavy atom. The fourth-order valence-electron chi connectivity index (χ4n) is 2.15. The zero-order valence-corrected chi connectivity index (χ0v) is 13.0. The lowest BCUT2D eigenvalue weighted by Gasteiger charge is -2.14. The average Bonchev–Trinajstić information content (AvgIpc) is 2.39. The summed E-state index contributed by atoms with van der Waals surface area (Å²) in [5.74, 6) is 0.527. The molecule has 0 saturated carbocycles. The minimum atomic E-state index is -0.278. The van der Waals surface area contributed by atoms with Crippen LogP contribution in [0.4, 0.5) is 4.39 Å². The van der Waals surface area contributed by atoms with Crippen molar-refractivity contribution in [2.24, 2.45) is 0 Å². The Morgan fingerprint density at radius 2 is 1.80 bits per heavy atom. The van der Waals surface area contributed by atoms with Gasteiger partial charge in [-0.1, -0.05) is 34.1 Å². The molecule has 106 valence electrons. The lowest BCUT2D eigenvalue weighted by Crippen LogP contribution is -2.01. The fraction of sp³-hybridized carbons (Fsp3) is 0.250. The monoisotopic (exact) mass is 338 g/mol. The van der Waals surface area contributed by atoms with Gasteiger partial charge >= 0.3 is 0 Å². The smallest absolute Gasteiger partial charge is 0.125 e. The number of aliphatic hydroxyl groups excluding tert-OH is 1. The summed E-state index contributed by atoms with van der Waals surface area (Å²) in [5, 5.41) is 9.17. The normalized spacial score (nSPS) is 10.7. The maximum atomic E-state index is 13.0. The highest BCUT2D eigenvalue weighted by atomic mass is 79.9. The van der Waals surface area contributed by atoms with E-state index in [1.807, 2.05) is 26.0 Å². The Morgan fingerprint density at radius 1 is 1.15 bits per heavy atom. The van der Waals surface area contributed by atoms with Gasteiger partial charge < -0.3 is 9.84 Å². The Labute approximate surface area is 126 Å². The lowest BCUT2D eigenvalue weighted by atomic mass is 10.1. The fourth-order valence-corrected chi connectivity index (χ4v) is 2.61. The van der Waals surface area contributed by atoms with Crippen molar-refractivity contribution in [2.45, 2.75) is 27.1 Å². The summed E-state index contributed by atoms with van der Waals surface area (Å²) in [4.78, 5) is 0. The number of aryl methyl sites for hydroxylation is 2. The second kappa shape index (κ2) is 6.37. The average molecular weight is 339 g/mol. The van der Waals surface area contributed by atoms with Crippen LogP contribution in [0.15, 0.2) is 34.8 Å². The van der Waals surface area contributed by atoms with E-state index in [0.717, 1.165) is 28.0 Å². The summed E-state index contributed by atoms with van der Waals surface area (Å²) >= 11 is 3.33. The summed E-state index contributed by atoms with van der Waals surface area (Å²) in [7, 11) is 0. The van der Waals surface area contributed by atoms with Crippen molar-refractivity contribution in [1.29, 1.82) is 0 Å². The van der Waals surface area contributed by atoms with Crippen molar-refractivity contribution < 1.29 is 14.2 Å². The molecule has 0 unspecified atom stereocenters. The first-order valence-corrected chi connectivity index (χ1v) is 7.08. The molecule has 0 bridgehead atoms. The van der Waals surface area contributed by atoms with Gasteiger partial charge in [0.05, 0.1) is 6.61 Å². The van der Waals surface area contributed by atoms with E-state index < -0.39 is 0 Å². The third-order valence-electron chi connectivity index (χ3n) is 3.09. The van der Waals surface area contributed by atoms with Crippen LogP contribution in [0.3, 0.4) is 0 Å². The standard InChI is InChI=1S/C16H16BrFO2/c1-10-5-12(8-19)6-11(2)16(10)20-9-13-3-4-14(18)7-15(13)17/h3-7,19H,8-9H2,1-2H3. The first kappa shape index (κ1) is 15.0. The molecule has 0 spiro atoms. The Hall–Kier alpha value is -1.39. The molecule has 0 aromatic heterocycles. The molecule has 20 heavy (non-hydrogen) atoms. The van der Waals surface area contributed by atoms with Gasteiger partial charge in [0.1, 0.15) is 18.2 Å². The molecule has 2 aromatic rings.